The highest BCUT2D eigenvalue weighted by Crippen LogP contribution is 2.32. The summed E-state index contributed by atoms with van der Waals surface area (Å²) in [5.74, 6) is -0.425. The molecule has 5 N–H and O–H groups in total. The van der Waals surface area contributed by atoms with Crippen molar-refractivity contribution in [1.82, 2.24) is 10.6 Å². The number of aliphatic hydroxyl groups excluding tert-OH is 3. The molecule has 2 heterocycles. The Hall–Kier alpha value is -0.160. The zero-order valence-electron chi connectivity index (χ0n) is 16.5. The van der Waals surface area contributed by atoms with E-state index in [4.69, 9.17) is 16.3 Å². The van der Waals surface area contributed by atoms with Gasteiger partial charge in [-0.3, -0.25) is 4.79 Å². The van der Waals surface area contributed by atoms with E-state index in [9.17, 15) is 24.5 Å². The maximum absolute atomic E-state index is 14.8. The lowest BCUT2D eigenvalue weighted by atomic mass is 9.92. The molecule has 2 aliphatic heterocycles. The van der Waals surface area contributed by atoms with Crippen molar-refractivity contribution in [3.63, 3.8) is 0 Å². The molecule has 7 nitrogen and oxygen atoms in total. The first-order valence-electron chi connectivity index (χ1n) is 9.72. The molecule has 2 unspecified atom stereocenters. The van der Waals surface area contributed by atoms with E-state index in [0.717, 1.165) is 12.8 Å². The number of thioether (sulfide) groups is 1. The molecular weight excluding hydrogens is 411 g/mol. The van der Waals surface area contributed by atoms with Crippen molar-refractivity contribution >= 4 is 29.3 Å². The molecule has 0 aromatic heterocycles. The van der Waals surface area contributed by atoms with Crippen molar-refractivity contribution in [3.8, 4) is 0 Å². The van der Waals surface area contributed by atoms with E-state index < -0.39 is 58.9 Å². The smallest absolute Gasteiger partial charge is 0.237 e. The first-order valence-corrected chi connectivity index (χ1v) is 11.4. The van der Waals surface area contributed by atoms with Crippen molar-refractivity contribution in [2.45, 2.75) is 92.5 Å². The largest absolute Gasteiger partial charge is 0.388 e. The summed E-state index contributed by atoms with van der Waals surface area (Å²) in [4.78, 5) is 12.7. The number of amides is 1. The average Bonchev–Trinajstić information content (AvgIpc) is 3.05. The van der Waals surface area contributed by atoms with Crippen LogP contribution >= 0.6 is 23.4 Å². The van der Waals surface area contributed by atoms with Crippen LogP contribution in [0.15, 0.2) is 0 Å². The van der Waals surface area contributed by atoms with E-state index in [0.29, 0.717) is 6.42 Å². The van der Waals surface area contributed by atoms with Crippen LogP contribution in [0.1, 0.15) is 39.5 Å². The van der Waals surface area contributed by atoms with E-state index in [1.165, 1.54) is 11.8 Å². The zero-order valence-corrected chi connectivity index (χ0v) is 18.0. The molecule has 2 aliphatic rings. The van der Waals surface area contributed by atoms with Crippen LogP contribution in [-0.2, 0) is 9.53 Å². The number of rotatable bonds is 8. The van der Waals surface area contributed by atoms with Gasteiger partial charge in [-0.25, -0.2) is 4.39 Å². The van der Waals surface area contributed by atoms with Crippen LogP contribution in [0.25, 0.3) is 0 Å². The van der Waals surface area contributed by atoms with Crippen molar-refractivity contribution < 1.29 is 29.2 Å². The highest BCUT2D eigenvalue weighted by Gasteiger charge is 2.49. The standard InChI is InChI=1S/C18H32ClFN2O5S/c1-4-5-6-18(20)7-10(21-8-18)16(26)22-11(9(2)19)15-13(24)12(23)14(25)17(27-15)28-3/h9-15,17,21,23-25H,4-8H2,1-3H3,(H,22,26)/t9-,10?,11+,12-,13+,14+,15+,17+,18?/m0/s1. The second-order valence-electron chi connectivity index (χ2n) is 7.78. The van der Waals surface area contributed by atoms with Crippen LogP contribution in [0.2, 0.25) is 0 Å². The van der Waals surface area contributed by atoms with Gasteiger partial charge in [0.05, 0.1) is 17.5 Å². The van der Waals surface area contributed by atoms with Gasteiger partial charge in [0.1, 0.15) is 35.5 Å². The minimum absolute atomic E-state index is 0.0745. The van der Waals surface area contributed by atoms with E-state index in [1.54, 1.807) is 13.2 Å². The molecule has 10 heteroatoms. The van der Waals surface area contributed by atoms with Gasteiger partial charge in [-0.05, 0) is 19.6 Å². The number of unbranched alkanes of at least 4 members (excludes halogenated alkanes) is 1. The molecule has 9 atom stereocenters. The fourth-order valence-corrected chi connectivity index (χ4v) is 4.66. The molecule has 0 spiro atoms. The number of hydrogen-bond acceptors (Lipinski definition) is 7. The van der Waals surface area contributed by atoms with Crippen LogP contribution in [0.5, 0.6) is 0 Å². The molecule has 2 fully saturated rings. The lowest BCUT2D eigenvalue weighted by Gasteiger charge is -2.44. The minimum atomic E-state index is -1.43. The Kier molecular flexibility index (Phi) is 8.82. The maximum atomic E-state index is 14.8. The summed E-state index contributed by atoms with van der Waals surface area (Å²) in [6.45, 7) is 3.75. The fourth-order valence-electron chi connectivity index (χ4n) is 3.77. The Morgan fingerprint density at radius 1 is 1.39 bits per heavy atom. The molecule has 0 bridgehead atoms. The second kappa shape index (κ2) is 10.2. The summed E-state index contributed by atoms with van der Waals surface area (Å²) >= 11 is 7.42. The number of nitrogens with one attached hydrogen (secondary N) is 2. The molecule has 0 aromatic carbocycles. The van der Waals surface area contributed by atoms with Gasteiger partial charge in [-0.15, -0.1) is 23.4 Å². The molecular formula is C18H32ClFN2O5S. The Labute approximate surface area is 174 Å². The lowest BCUT2D eigenvalue weighted by molar-refractivity contribution is -0.205. The van der Waals surface area contributed by atoms with Crippen molar-refractivity contribution in [2.24, 2.45) is 0 Å². The van der Waals surface area contributed by atoms with Gasteiger partial charge in [-0.1, -0.05) is 19.8 Å². The summed E-state index contributed by atoms with van der Waals surface area (Å²) in [5.41, 5.74) is -2.18. The Morgan fingerprint density at radius 3 is 2.64 bits per heavy atom. The average molecular weight is 443 g/mol. The van der Waals surface area contributed by atoms with Crippen molar-refractivity contribution in [3.05, 3.63) is 0 Å². The predicted octanol–water partition coefficient (Wildman–Crippen LogP) is 0.530. The minimum Gasteiger partial charge on any atom is -0.388 e. The number of hydrogen-bond donors (Lipinski definition) is 5. The van der Waals surface area contributed by atoms with Gasteiger partial charge in [-0.2, -0.15) is 0 Å². The Morgan fingerprint density at radius 2 is 2.07 bits per heavy atom. The topological polar surface area (TPSA) is 111 Å². The molecule has 2 rings (SSSR count). The molecule has 0 saturated carbocycles. The summed E-state index contributed by atoms with van der Waals surface area (Å²) in [6, 6.07) is -1.53. The van der Waals surface area contributed by atoms with Gasteiger partial charge >= 0.3 is 0 Å². The summed E-state index contributed by atoms with van der Waals surface area (Å²) in [7, 11) is 0. The Balaban J connectivity index is 2.05. The third-order valence-corrected chi connectivity index (χ3v) is 6.65. The lowest BCUT2D eigenvalue weighted by Crippen LogP contribution is -2.65. The highest BCUT2D eigenvalue weighted by atomic mass is 35.5. The Bertz CT molecular complexity index is 532. The molecule has 0 radical (unpaired) electrons. The summed E-state index contributed by atoms with van der Waals surface area (Å²) < 4.78 is 20.5. The van der Waals surface area contributed by atoms with Crippen LogP contribution in [0, 0.1) is 0 Å². The molecule has 0 aliphatic carbocycles. The van der Waals surface area contributed by atoms with E-state index in [-0.39, 0.29) is 13.0 Å². The molecule has 1 amide bonds. The third-order valence-electron chi connectivity index (χ3n) is 5.53. The van der Waals surface area contributed by atoms with E-state index in [1.807, 2.05) is 6.92 Å². The molecule has 164 valence electrons. The van der Waals surface area contributed by atoms with Crippen LogP contribution in [0.4, 0.5) is 4.39 Å². The van der Waals surface area contributed by atoms with Gasteiger partial charge in [0, 0.05) is 13.0 Å². The predicted molar refractivity (Wildman–Crippen MR) is 107 cm³/mol. The number of carbonyl (C=O) groups is 1. The summed E-state index contributed by atoms with van der Waals surface area (Å²) in [6.07, 6.45) is -1.30. The normalized spacial score (nSPS) is 40.9. The summed E-state index contributed by atoms with van der Waals surface area (Å²) in [5, 5.41) is 35.5. The highest BCUT2D eigenvalue weighted by molar-refractivity contribution is 7.99. The first kappa shape index (κ1) is 24.1. The monoisotopic (exact) mass is 442 g/mol. The van der Waals surface area contributed by atoms with E-state index in [2.05, 4.69) is 10.6 Å². The maximum Gasteiger partial charge on any atom is 0.237 e. The van der Waals surface area contributed by atoms with E-state index >= 15 is 0 Å². The van der Waals surface area contributed by atoms with Crippen LogP contribution in [0.3, 0.4) is 0 Å². The quantitative estimate of drug-likeness (QED) is 0.349. The number of carbonyl (C=O) groups excluding carboxylic acids is 1. The number of ether oxygens (including phenoxy) is 1. The SMILES string of the molecule is CCCCC1(F)CNC(C(=O)N[C@@H]([C@H]2O[C@H](SC)[C@H](O)[C@@H](O)[C@H]2O)[C@H](C)Cl)C1. The van der Waals surface area contributed by atoms with Crippen molar-refractivity contribution in [1.29, 1.82) is 0 Å². The number of alkyl halides is 2. The third kappa shape index (κ3) is 5.50. The molecule has 2 saturated heterocycles. The zero-order chi connectivity index (χ0) is 21.1. The molecule has 28 heavy (non-hydrogen) atoms. The first-order chi connectivity index (χ1) is 13.1. The molecule has 0 aromatic rings. The number of aliphatic hydroxyl groups is 3. The fraction of sp³-hybridized carbons (Fsp3) is 0.944. The number of halogens is 2. The van der Waals surface area contributed by atoms with Gasteiger partial charge in [0.25, 0.3) is 0 Å². The van der Waals surface area contributed by atoms with Crippen molar-refractivity contribution in [2.75, 3.05) is 12.8 Å². The van der Waals surface area contributed by atoms with Gasteiger partial charge < -0.3 is 30.7 Å². The van der Waals surface area contributed by atoms with Crippen LogP contribution in [-0.4, -0.2) is 87.0 Å². The second-order valence-corrected chi connectivity index (χ2v) is 9.40. The van der Waals surface area contributed by atoms with Gasteiger partial charge in [0.2, 0.25) is 5.91 Å². The van der Waals surface area contributed by atoms with Gasteiger partial charge in [0.15, 0.2) is 0 Å². The van der Waals surface area contributed by atoms with Crippen LogP contribution < -0.4 is 10.6 Å².